The maximum absolute atomic E-state index is 13.4. The van der Waals surface area contributed by atoms with Crippen molar-refractivity contribution in [2.24, 2.45) is 5.84 Å². The van der Waals surface area contributed by atoms with Gasteiger partial charge in [0.15, 0.2) is 6.61 Å². The normalized spacial score (nSPS) is 9.91. The maximum atomic E-state index is 13.4. The highest BCUT2D eigenvalue weighted by atomic mass is 19.1. The first kappa shape index (κ1) is 15.5. The molecule has 4 N–H and O–H groups in total. The Morgan fingerprint density at radius 2 is 1.77 bits per heavy atom. The largest absolute Gasteiger partial charge is 0.483 e. The SMILES string of the molecule is NNC(=O)c1ccccc1OCC(=O)Nc1ccccc1F. The topological polar surface area (TPSA) is 93.4 Å². The van der Waals surface area contributed by atoms with E-state index in [-0.39, 0.29) is 23.6 Å². The van der Waals surface area contributed by atoms with Gasteiger partial charge in [-0.25, -0.2) is 10.2 Å². The van der Waals surface area contributed by atoms with Crippen molar-refractivity contribution in [2.45, 2.75) is 0 Å². The van der Waals surface area contributed by atoms with E-state index in [4.69, 9.17) is 10.6 Å². The summed E-state index contributed by atoms with van der Waals surface area (Å²) in [7, 11) is 0. The van der Waals surface area contributed by atoms with Gasteiger partial charge in [0.25, 0.3) is 11.8 Å². The first-order chi connectivity index (χ1) is 10.6. The average molecular weight is 303 g/mol. The maximum Gasteiger partial charge on any atom is 0.268 e. The first-order valence-electron chi connectivity index (χ1n) is 6.39. The Morgan fingerprint density at radius 1 is 1.09 bits per heavy atom. The smallest absolute Gasteiger partial charge is 0.268 e. The number of carbonyl (C=O) groups is 2. The van der Waals surface area contributed by atoms with Gasteiger partial charge in [0.2, 0.25) is 0 Å². The Balaban J connectivity index is 2.00. The summed E-state index contributed by atoms with van der Waals surface area (Å²) < 4.78 is 18.7. The fourth-order valence-corrected chi connectivity index (χ4v) is 1.75. The van der Waals surface area contributed by atoms with Crippen LogP contribution in [0, 0.1) is 5.82 Å². The van der Waals surface area contributed by atoms with Crippen LogP contribution < -0.4 is 21.3 Å². The van der Waals surface area contributed by atoms with Crippen LogP contribution in [0.3, 0.4) is 0 Å². The van der Waals surface area contributed by atoms with Gasteiger partial charge in [-0.15, -0.1) is 0 Å². The highest BCUT2D eigenvalue weighted by Gasteiger charge is 2.12. The molecule has 0 fully saturated rings. The number of nitrogens with one attached hydrogen (secondary N) is 2. The zero-order valence-corrected chi connectivity index (χ0v) is 11.5. The van der Waals surface area contributed by atoms with Gasteiger partial charge in [0, 0.05) is 0 Å². The highest BCUT2D eigenvalue weighted by Crippen LogP contribution is 2.18. The number of rotatable bonds is 5. The van der Waals surface area contributed by atoms with Crippen molar-refractivity contribution in [3.8, 4) is 5.75 Å². The third-order valence-electron chi connectivity index (χ3n) is 2.77. The molecule has 0 saturated heterocycles. The van der Waals surface area contributed by atoms with Gasteiger partial charge >= 0.3 is 0 Å². The number of hydrogen-bond acceptors (Lipinski definition) is 4. The van der Waals surface area contributed by atoms with Crippen molar-refractivity contribution < 1.29 is 18.7 Å². The molecule has 22 heavy (non-hydrogen) atoms. The lowest BCUT2D eigenvalue weighted by atomic mass is 10.2. The predicted molar refractivity (Wildman–Crippen MR) is 78.6 cm³/mol. The summed E-state index contributed by atoms with van der Waals surface area (Å²) in [6.45, 7) is -0.372. The molecule has 0 unspecified atom stereocenters. The van der Waals surface area contributed by atoms with E-state index in [0.29, 0.717) is 0 Å². The quantitative estimate of drug-likeness (QED) is 0.443. The van der Waals surface area contributed by atoms with Crippen molar-refractivity contribution in [3.63, 3.8) is 0 Å². The van der Waals surface area contributed by atoms with Gasteiger partial charge in [-0.05, 0) is 24.3 Å². The number of hydrogen-bond donors (Lipinski definition) is 3. The molecular formula is C15H14FN3O3. The molecule has 0 radical (unpaired) electrons. The number of nitrogens with two attached hydrogens (primary N) is 1. The van der Waals surface area contributed by atoms with Gasteiger partial charge in [0.05, 0.1) is 11.3 Å². The molecule has 6 nitrogen and oxygen atoms in total. The Morgan fingerprint density at radius 3 is 2.50 bits per heavy atom. The molecule has 2 aromatic carbocycles. The van der Waals surface area contributed by atoms with Crippen LogP contribution in [0.15, 0.2) is 48.5 Å². The van der Waals surface area contributed by atoms with Gasteiger partial charge in [-0.3, -0.25) is 15.0 Å². The molecule has 0 aromatic heterocycles. The average Bonchev–Trinajstić information content (AvgIpc) is 2.54. The van der Waals surface area contributed by atoms with E-state index in [9.17, 15) is 14.0 Å². The number of amides is 2. The van der Waals surface area contributed by atoms with Crippen LogP contribution in [0.1, 0.15) is 10.4 Å². The molecular weight excluding hydrogens is 289 g/mol. The Bertz CT molecular complexity index is 691. The molecule has 2 amide bonds. The molecule has 0 atom stereocenters. The van der Waals surface area contributed by atoms with Gasteiger partial charge in [0.1, 0.15) is 11.6 Å². The van der Waals surface area contributed by atoms with Crippen LogP contribution in [-0.2, 0) is 4.79 Å². The van der Waals surface area contributed by atoms with Crippen molar-refractivity contribution in [3.05, 3.63) is 59.9 Å². The molecule has 0 saturated carbocycles. The van der Waals surface area contributed by atoms with Crippen molar-refractivity contribution in [2.75, 3.05) is 11.9 Å². The van der Waals surface area contributed by atoms with Crippen LogP contribution in [0.25, 0.3) is 0 Å². The molecule has 0 aliphatic carbocycles. The van der Waals surface area contributed by atoms with Crippen molar-refractivity contribution >= 4 is 17.5 Å². The van der Waals surface area contributed by atoms with E-state index >= 15 is 0 Å². The van der Waals surface area contributed by atoms with E-state index in [0.717, 1.165) is 0 Å². The molecule has 0 aliphatic heterocycles. The third kappa shape index (κ3) is 3.80. The number of halogens is 1. The highest BCUT2D eigenvalue weighted by molar-refractivity contribution is 5.97. The zero-order valence-electron chi connectivity index (χ0n) is 11.5. The third-order valence-corrected chi connectivity index (χ3v) is 2.77. The standard InChI is InChI=1S/C15H14FN3O3/c16-11-6-2-3-7-12(11)18-14(20)9-22-13-8-4-1-5-10(13)15(21)19-17/h1-8H,9,17H2,(H,18,20)(H,19,21). The summed E-state index contributed by atoms with van der Waals surface area (Å²) in [5.74, 6) is 3.65. The lowest BCUT2D eigenvalue weighted by Crippen LogP contribution is -2.30. The minimum atomic E-state index is -0.548. The molecule has 0 heterocycles. The number of benzene rings is 2. The van der Waals surface area contributed by atoms with Gasteiger partial charge < -0.3 is 10.1 Å². The summed E-state index contributed by atoms with van der Waals surface area (Å²) >= 11 is 0. The first-order valence-corrected chi connectivity index (χ1v) is 6.39. The van der Waals surface area contributed by atoms with E-state index in [1.807, 2.05) is 5.43 Å². The number of nitrogen functional groups attached to an aromatic ring is 1. The molecule has 2 rings (SSSR count). The van der Waals surface area contributed by atoms with E-state index in [1.54, 1.807) is 18.2 Å². The molecule has 114 valence electrons. The monoisotopic (exact) mass is 303 g/mol. The molecule has 2 aromatic rings. The van der Waals surface area contributed by atoms with Crippen LogP contribution in [-0.4, -0.2) is 18.4 Å². The number of hydrazine groups is 1. The fourth-order valence-electron chi connectivity index (χ4n) is 1.75. The van der Waals surface area contributed by atoms with Crippen molar-refractivity contribution in [1.82, 2.24) is 5.43 Å². The van der Waals surface area contributed by atoms with E-state index in [2.05, 4.69) is 5.32 Å². The minimum Gasteiger partial charge on any atom is -0.483 e. The molecule has 0 aliphatic rings. The van der Waals surface area contributed by atoms with E-state index < -0.39 is 17.6 Å². The second kappa shape index (κ2) is 7.19. The number of ether oxygens (including phenoxy) is 1. The van der Waals surface area contributed by atoms with E-state index in [1.165, 1.54) is 30.3 Å². The summed E-state index contributed by atoms with van der Waals surface area (Å²) in [5, 5.41) is 2.38. The van der Waals surface area contributed by atoms with Gasteiger partial charge in [-0.1, -0.05) is 24.3 Å². The number of carbonyl (C=O) groups excluding carboxylic acids is 2. The summed E-state index contributed by atoms with van der Waals surface area (Å²) in [6.07, 6.45) is 0. The minimum absolute atomic E-state index is 0.0593. The van der Waals surface area contributed by atoms with Crippen LogP contribution in [0.2, 0.25) is 0 Å². The fraction of sp³-hybridized carbons (Fsp3) is 0.0667. The molecule has 0 bridgehead atoms. The Labute approximate surface area is 126 Å². The Hall–Kier alpha value is -2.93. The van der Waals surface area contributed by atoms with Crippen LogP contribution in [0.5, 0.6) is 5.75 Å². The Kier molecular flexibility index (Phi) is 5.05. The molecule has 0 spiro atoms. The summed E-state index contributed by atoms with van der Waals surface area (Å²) in [4.78, 5) is 23.3. The van der Waals surface area contributed by atoms with Gasteiger partial charge in [-0.2, -0.15) is 0 Å². The second-order valence-corrected chi connectivity index (χ2v) is 4.29. The molecule has 7 heteroatoms. The lowest BCUT2D eigenvalue weighted by molar-refractivity contribution is -0.118. The summed E-state index contributed by atoms with van der Waals surface area (Å²) in [5.41, 5.74) is 2.24. The zero-order chi connectivity index (χ0) is 15.9. The summed E-state index contributed by atoms with van der Waals surface area (Å²) in [6, 6.07) is 12.1. The lowest BCUT2D eigenvalue weighted by Gasteiger charge is -2.11. The second-order valence-electron chi connectivity index (χ2n) is 4.29. The predicted octanol–water partition coefficient (Wildman–Crippen LogP) is 1.45. The van der Waals surface area contributed by atoms with Crippen LogP contribution >= 0.6 is 0 Å². The van der Waals surface area contributed by atoms with Crippen LogP contribution in [0.4, 0.5) is 10.1 Å². The number of para-hydroxylation sites is 2. The van der Waals surface area contributed by atoms with Crippen molar-refractivity contribution in [1.29, 1.82) is 0 Å². The number of anilines is 1.